The highest BCUT2D eigenvalue weighted by Gasteiger charge is 2.20. The molecule has 1 saturated carbocycles. The lowest BCUT2D eigenvalue weighted by Crippen LogP contribution is -2.33. The van der Waals surface area contributed by atoms with Crippen molar-refractivity contribution < 1.29 is 4.79 Å². The third-order valence-electron chi connectivity index (χ3n) is 4.60. The molecule has 0 radical (unpaired) electrons. The lowest BCUT2D eigenvalue weighted by molar-refractivity contribution is -0.117. The van der Waals surface area contributed by atoms with Gasteiger partial charge >= 0.3 is 0 Å². The second-order valence-corrected chi connectivity index (χ2v) is 8.15. The molecule has 1 N–H and O–H groups in total. The third-order valence-corrected chi connectivity index (χ3v) is 4.60. The van der Waals surface area contributed by atoms with E-state index in [9.17, 15) is 4.79 Å². The minimum Gasteiger partial charge on any atom is -0.326 e. The predicted octanol–water partition coefficient (Wildman–Crippen LogP) is 4.83. The van der Waals surface area contributed by atoms with E-state index in [0.29, 0.717) is 12.5 Å². The zero-order valence-electron chi connectivity index (χ0n) is 15.2. The van der Waals surface area contributed by atoms with Crippen LogP contribution in [0, 0.1) is 5.41 Å². The van der Waals surface area contributed by atoms with Crippen LogP contribution in [-0.4, -0.2) is 23.9 Å². The van der Waals surface area contributed by atoms with Gasteiger partial charge in [-0.3, -0.25) is 9.69 Å². The van der Waals surface area contributed by atoms with Crippen molar-refractivity contribution in [1.29, 1.82) is 0 Å². The topological polar surface area (TPSA) is 32.3 Å². The van der Waals surface area contributed by atoms with Gasteiger partial charge < -0.3 is 5.32 Å². The molecule has 1 aromatic rings. The Balaban J connectivity index is 2.00. The van der Waals surface area contributed by atoms with Crippen molar-refractivity contribution in [2.45, 2.75) is 71.9 Å². The average Bonchev–Trinajstić information content (AvgIpc) is 2.48. The van der Waals surface area contributed by atoms with E-state index < -0.39 is 0 Å². The summed E-state index contributed by atoms with van der Waals surface area (Å²) < 4.78 is 0. The largest absolute Gasteiger partial charge is 0.326 e. The molecular weight excluding hydrogens is 284 g/mol. The molecule has 0 aromatic heterocycles. The standard InChI is InChI=1S/C20H32N2O/c1-20(2,3)14-19(23)21-18-13-9-8-10-16(18)15-22(4)17-11-6-5-7-12-17/h8-10,13,17H,5-7,11-12,14-15H2,1-4H3,(H,21,23). The number of hydrogen-bond donors (Lipinski definition) is 1. The number of carbonyl (C=O) groups is 1. The van der Waals surface area contributed by atoms with Crippen molar-refractivity contribution in [1.82, 2.24) is 4.90 Å². The lowest BCUT2D eigenvalue weighted by Gasteiger charge is -2.31. The minimum atomic E-state index is 0.0118. The molecule has 128 valence electrons. The Bertz CT molecular complexity index is 513. The summed E-state index contributed by atoms with van der Waals surface area (Å²) in [4.78, 5) is 14.7. The van der Waals surface area contributed by atoms with Crippen molar-refractivity contribution in [3.63, 3.8) is 0 Å². The van der Waals surface area contributed by atoms with Crippen molar-refractivity contribution in [2.24, 2.45) is 5.41 Å². The molecule has 3 nitrogen and oxygen atoms in total. The SMILES string of the molecule is CN(Cc1ccccc1NC(=O)CC(C)(C)C)C1CCCCC1. The summed E-state index contributed by atoms with van der Waals surface area (Å²) >= 11 is 0. The molecule has 0 spiro atoms. The molecule has 1 fully saturated rings. The highest BCUT2D eigenvalue weighted by atomic mass is 16.1. The molecule has 1 aromatic carbocycles. The van der Waals surface area contributed by atoms with Crippen LogP contribution < -0.4 is 5.32 Å². The fourth-order valence-electron chi connectivity index (χ4n) is 3.38. The van der Waals surface area contributed by atoms with Crippen molar-refractivity contribution >= 4 is 11.6 Å². The second-order valence-electron chi connectivity index (χ2n) is 8.15. The van der Waals surface area contributed by atoms with Gasteiger partial charge in [0.25, 0.3) is 0 Å². The summed E-state index contributed by atoms with van der Waals surface area (Å²) in [6, 6.07) is 8.89. The number of nitrogens with zero attached hydrogens (tertiary/aromatic N) is 1. The summed E-state index contributed by atoms with van der Waals surface area (Å²) in [7, 11) is 2.21. The average molecular weight is 316 g/mol. The van der Waals surface area contributed by atoms with Crippen molar-refractivity contribution in [3.05, 3.63) is 29.8 Å². The first-order chi connectivity index (χ1) is 10.8. The fraction of sp³-hybridized carbons (Fsp3) is 0.650. The first kappa shape index (κ1) is 18.0. The number of benzene rings is 1. The number of hydrogen-bond acceptors (Lipinski definition) is 2. The Kier molecular flexibility index (Phi) is 6.23. The Morgan fingerprint density at radius 2 is 1.83 bits per heavy atom. The monoisotopic (exact) mass is 316 g/mol. The van der Waals surface area contributed by atoms with Gasteiger partial charge in [0.05, 0.1) is 0 Å². The molecule has 0 aliphatic heterocycles. The summed E-state index contributed by atoms with van der Waals surface area (Å²) in [6.45, 7) is 7.18. The van der Waals surface area contributed by atoms with Crippen LogP contribution >= 0.6 is 0 Å². The molecule has 2 rings (SSSR count). The molecular formula is C20H32N2O. The normalized spacial score (nSPS) is 16.6. The quantitative estimate of drug-likeness (QED) is 0.844. The molecule has 0 heterocycles. The van der Waals surface area contributed by atoms with Crippen LogP contribution in [0.25, 0.3) is 0 Å². The van der Waals surface area contributed by atoms with Gasteiger partial charge in [-0.15, -0.1) is 0 Å². The smallest absolute Gasteiger partial charge is 0.224 e. The van der Waals surface area contributed by atoms with Gasteiger partial charge in [0, 0.05) is 24.7 Å². The van der Waals surface area contributed by atoms with Crippen LogP contribution in [0.5, 0.6) is 0 Å². The molecule has 0 bridgehead atoms. The molecule has 1 amide bonds. The van der Waals surface area contributed by atoms with Gasteiger partial charge in [0.15, 0.2) is 0 Å². The van der Waals surface area contributed by atoms with E-state index in [1.165, 1.54) is 37.7 Å². The van der Waals surface area contributed by atoms with Crippen LogP contribution in [-0.2, 0) is 11.3 Å². The van der Waals surface area contributed by atoms with E-state index in [0.717, 1.165) is 12.2 Å². The number of amides is 1. The van der Waals surface area contributed by atoms with Gasteiger partial charge in [0.1, 0.15) is 0 Å². The number of anilines is 1. The summed E-state index contributed by atoms with van der Waals surface area (Å²) in [5.74, 6) is 0.102. The Morgan fingerprint density at radius 3 is 2.48 bits per heavy atom. The molecule has 0 atom stereocenters. The molecule has 23 heavy (non-hydrogen) atoms. The maximum Gasteiger partial charge on any atom is 0.224 e. The predicted molar refractivity (Wildman–Crippen MR) is 97.5 cm³/mol. The van der Waals surface area contributed by atoms with E-state index in [1.807, 2.05) is 12.1 Å². The molecule has 0 unspecified atom stereocenters. The molecule has 3 heteroatoms. The van der Waals surface area contributed by atoms with E-state index in [-0.39, 0.29) is 11.3 Å². The molecule has 0 saturated heterocycles. The summed E-state index contributed by atoms with van der Waals surface area (Å²) in [5.41, 5.74) is 2.19. The van der Waals surface area contributed by atoms with Crippen molar-refractivity contribution in [2.75, 3.05) is 12.4 Å². The van der Waals surface area contributed by atoms with Crippen LogP contribution in [0.4, 0.5) is 5.69 Å². The van der Waals surface area contributed by atoms with Gasteiger partial charge in [-0.1, -0.05) is 58.2 Å². The van der Waals surface area contributed by atoms with Crippen LogP contribution in [0.1, 0.15) is 64.9 Å². The number of carbonyl (C=O) groups excluding carboxylic acids is 1. The van der Waals surface area contributed by atoms with E-state index in [2.05, 4.69) is 50.2 Å². The van der Waals surface area contributed by atoms with Crippen LogP contribution in [0.15, 0.2) is 24.3 Å². The Labute approximate surface area is 141 Å². The first-order valence-electron chi connectivity index (χ1n) is 8.93. The number of nitrogens with one attached hydrogen (secondary N) is 1. The summed E-state index contributed by atoms with van der Waals surface area (Å²) in [5, 5.41) is 3.11. The first-order valence-corrected chi connectivity index (χ1v) is 8.93. The number of para-hydroxylation sites is 1. The van der Waals surface area contributed by atoms with Gasteiger partial charge in [-0.05, 0) is 36.9 Å². The number of rotatable bonds is 5. The molecule has 1 aliphatic carbocycles. The van der Waals surface area contributed by atoms with Crippen LogP contribution in [0.3, 0.4) is 0 Å². The zero-order valence-corrected chi connectivity index (χ0v) is 15.2. The summed E-state index contributed by atoms with van der Waals surface area (Å²) in [6.07, 6.45) is 7.21. The fourth-order valence-corrected chi connectivity index (χ4v) is 3.38. The van der Waals surface area contributed by atoms with E-state index in [1.54, 1.807) is 0 Å². The minimum absolute atomic E-state index is 0.0118. The molecule has 1 aliphatic rings. The Morgan fingerprint density at radius 1 is 1.17 bits per heavy atom. The third kappa shape index (κ3) is 5.98. The highest BCUT2D eigenvalue weighted by Crippen LogP contribution is 2.25. The van der Waals surface area contributed by atoms with Gasteiger partial charge in [0.2, 0.25) is 5.91 Å². The van der Waals surface area contributed by atoms with Gasteiger partial charge in [-0.2, -0.15) is 0 Å². The van der Waals surface area contributed by atoms with E-state index in [4.69, 9.17) is 0 Å². The maximum absolute atomic E-state index is 12.2. The second kappa shape index (κ2) is 7.96. The van der Waals surface area contributed by atoms with Gasteiger partial charge in [-0.25, -0.2) is 0 Å². The van der Waals surface area contributed by atoms with E-state index >= 15 is 0 Å². The maximum atomic E-state index is 12.2. The van der Waals surface area contributed by atoms with Crippen LogP contribution in [0.2, 0.25) is 0 Å². The Hall–Kier alpha value is -1.35. The highest BCUT2D eigenvalue weighted by molar-refractivity contribution is 5.91. The zero-order chi connectivity index (χ0) is 16.9. The van der Waals surface area contributed by atoms with Crippen molar-refractivity contribution in [3.8, 4) is 0 Å². The lowest BCUT2D eigenvalue weighted by atomic mass is 9.92.